The quantitative estimate of drug-likeness (QED) is 0.672. The molecule has 2 unspecified atom stereocenters. The summed E-state index contributed by atoms with van der Waals surface area (Å²) in [7, 11) is 1.98. The molecule has 3 aromatic rings. The van der Waals surface area contributed by atoms with Crippen LogP contribution in [0.15, 0.2) is 55.2 Å². The van der Waals surface area contributed by atoms with Crippen LogP contribution in [0.1, 0.15) is 37.1 Å². The molecule has 0 fully saturated rings. The molecule has 6 heteroatoms. The number of nitrogens with zero attached hydrogens (tertiary/aromatic N) is 4. The largest absolute Gasteiger partial charge is 0.336 e. The lowest BCUT2D eigenvalue weighted by atomic mass is 9.91. The normalized spacial score (nSPS) is 13.9. The fraction of sp³-hybridized carbons (Fsp3) is 0.400. The first-order valence-corrected chi connectivity index (χ1v) is 8.97. The first kappa shape index (κ1) is 18.3. The molecule has 0 amide bonds. The van der Waals surface area contributed by atoms with Crippen molar-refractivity contribution in [1.29, 1.82) is 0 Å². The van der Waals surface area contributed by atoms with Crippen molar-refractivity contribution in [2.24, 2.45) is 13.0 Å². The summed E-state index contributed by atoms with van der Waals surface area (Å²) >= 11 is 0. The van der Waals surface area contributed by atoms with Gasteiger partial charge < -0.3 is 9.88 Å². The molecule has 0 saturated heterocycles. The number of hydrogen-bond donors (Lipinski definition) is 1. The van der Waals surface area contributed by atoms with Crippen molar-refractivity contribution < 1.29 is 4.39 Å². The highest BCUT2D eigenvalue weighted by Crippen LogP contribution is 2.25. The van der Waals surface area contributed by atoms with Crippen LogP contribution in [-0.2, 0) is 13.6 Å². The number of rotatable bonds is 8. The van der Waals surface area contributed by atoms with E-state index in [4.69, 9.17) is 0 Å². The first-order chi connectivity index (χ1) is 12.5. The zero-order chi connectivity index (χ0) is 18.5. The van der Waals surface area contributed by atoms with Gasteiger partial charge in [-0.25, -0.2) is 9.37 Å². The van der Waals surface area contributed by atoms with Crippen LogP contribution in [0.2, 0.25) is 0 Å². The van der Waals surface area contributed by atoms with Gasteiger partial charge in [0.2, 0.25) is 0 Å². The smallest absolute Gasteiger partial charge is 0.123 e. The number of aryl methyl sites for hydroxylation is 1. The highest BCUT2D eigenvalue weighted by Gasteiger charge is 2.21. The lowest BCUT2D eigenvalue weighted by Gasteiger charge is -2.26. The van der Waals surface area contributed by atoms with E-state index in [9.17, 15) is 4.39 Å². The molecule has 0 bridgehead atoms. The van der Waals surface area contributed by atoms with Gasteiger partial charge in [0, 0.05) is 50.3 Å². The van der Waals surface area contributed by atoms with E-state index in [1.807, 2.05) is 40.8 Å². The van der Waals surface area contributed by atoms with E-state index in [0.717, 1.165) is 18.7 Å². The Morgan fingerprint density at radius 2 is 1.88 bits per heavy atom. The van der Waals surface area contributed by atoms with E-state index in [-0.39, 0.29) is 11.9 Å². The standard InChI is InChI=1S/C20H26FN5/c1-15(2)18(20-8-9-24-25(20)3)12-23-19(13-26-11-10-22-14-26)16-4-6-17(21)7-5-16/h4-11,14-15,18-19,23H,12-13H2,1-3H3. The van der Waals surface area contributed by atoms with Crippen molar-refractivity contribution in [3.63, 3.8) is 0 Å². The third kappa shape index (κ3) is 4.38. The molecule has 1 N–H and O–H groups in total. The number of nitrogens with one attached hydrogen (secondary N) is 1. The van der Waals surface area contributed by atoms with Gasteiger partial charge in [-0.15, -0.1) is 0 Å². The summed E-state index contributed by atoms with van der Waals surface area (Å²) in [5, 5.41) is 7.99. The summed E-state index contributed by atoms with van der Waals surface area (Å²) in [4.78, 5) is 4.12. The molecular formula is C20H26FN5. The molecular weight excluding hydrogens is 329 g/mol. The SMILES string of the molecule is CC(C)C(CNC(Cn1ccnc1)c1ccc(F)cc1)c1ccnn1C. The average molecular weight is 355 g/mol. The van der Waals surface area contributed by atoms with E-state index < -0.39 is 0 Å². The van der Waals surface area contributed by atoms with E-state index in [1.165, 1.54) is 17.8 Å². The molecule has 0 aliphatic rings. The molecule has 0 saturated carbocycles. The molecule has 0 aliphatic carbocycles. The van der Waals surface area contributed by atoms with Crippen molar-refractivity contribution in [2.45, 2.75) is 32.4 Å². The van der Waals surface area contributed by atoms with Crippen LogP contribution in [0.5, 0.6) is 0 Å². The van der Waals surface area contributed by atoms with Crippen molar-refractivity contribution in [2.75, 3.05) is 6.54 Å². The number of benzene rings is 1. The molecule has 2 heterocycles. The van der Waals surface area contributed by atoms with E-state index in [1.54, 1.807) is 12.5 Å². The monoisotopic (exact) mass is 355 g/mol. The Bertz CT molecular complexity index is 792. The molecule has 2 aromatic heterocycles. The predicted octanol–water partition coefficient (Wildman–Crippen LogP) is 3.53. The highest BCUT2D eigenvalue weighted by atomic mass is 19.1. The maximum atomic E-state index is 13.3. The number of aromatic nitrogens is 4. The zero-order valence-electron chi connectivity index (χ0n) is 15.5. The molecule has 0 spiro atoms. The Kier molecular flexibility index (Phi) is 5.83. The van der Waals surface area contributed by atoms with Gasteiger partial charge in [-0.3, -0.25) is 4.68 Å². The second-order valence-corrected chi connectivity index (χ2v) is 7.00. The fourth-order valence-electron chi connectivity index (χ4n) is 3.29. The van der Waals surface area contributed by atoms with Gasteiger partial charge in [0.25, 0.3) is 0 Å². The van der Waals surface area contributed by atoms with Crippen LogP contribution in [-0.4, -0.2) is 25.9 Å². The van der Waals surface area contributed by atoms with Crippen molar-refractivity contribution in [1.82, 2.24) is 24.6 Å². The third-order valence-corrected chi connectivity index (χ3v) is 4.85. The minimum absolute atomic E-state index is 0.0688. The Morgan fingerprint density at radius 1 is 1.12 bits per heavy atom. The van der Waals surface area contributed by atoms with Gasteiger partial charge in [-0.05, 0) is 29.7 Å². The van der Waals surface area contributed by atoms with Gasteiger partial charge >= 0.3 is 0 Å². The van der Waals surface area contributed by atoms with Gasteiger partial charge in [0.15, 0.2) is 0 Å². The summed E-state index contributed by atoms with van der Waals surface area (Å²) < 4.78 is 17.3. The topological polar surface area (TPSA) is 47.7 Å². The Hall–Kier alpha value is -2.47. The highest BCUT2D eigenvalue weighted by molar-refractivity contribution is 5.20. The van der Waals surface area contributed by atoms with Gasteiger partial charge in [-0.1, -0.05) is 26.0 Å². The maximum absolute atomic E-state index is 13.3. The Labute approximate surface area is 153 Å². The van der Waals surface area contributed by atoms with Crippen molar-refractivity contribution in [3.05, 3.63) is 72.3 Å². The summed E-state index contributed by atoms with van der Waals surface area (Å²) in [6.07, 6.45) is 7.36. The van der Waals surface area contributed by atoms with Gasteiger partial charge in [-0.2, -0.15) is 5.10 Å². The third-order valence-electron chi connectivity index (χ3n) is 4.85. The van der Waals surface area contributed by atoms with E-state index >= 15 is 0 Å². The van der Waals surface area contributed by atoms with Crippen LogP contribution < -0.4 is 5.32 Å². The Morgan fingerprint density at radius 3 is 2.46 bits per heavy atom. The fourth-order valence-corrected chi connectivity index (χ4v) is 3.29. The predicted molar refractivity (Wildman–Crippen MR) is 100 cm³/mol. The van der Waals surface area contributed by atoms with Crippen molar-refractivity contribution in [3.8, 4) is 0 Å². The molecule has 138 valence electrons. The molecule has 0 aliphatic heterocycles. The lowest BCUT2D eigenvalue weighted by Crippen LogP contribution is -2.32. The molecule has 2 atom stereocenters. The molecule has 1 aromatic carbocycles. The van der Waals surface area contributed by atoms with Crippen LogP contribution in [0.25, 0.3) is 0 Å². The minimum Gasteiger partial charge on any atom is -0.336 e. The number of hydrogen-bond acceptors (Lipinski definition) is 3. The molecule has 26 heavy (non-hydrogen) atoms. The van der Waals surface area contributed by atoms with E-state index in [0.29, 0.717) is 11.8 Å². The number of imidazole rings is 1. The molecule has 3 rings (SSSR count). The average Bonchev–Trinajstić information content (AvgIpc) is 3.27. The number of halogens is 1. The Balaban J connectivity index is 1.78. The molecule has 5 nitrogen and oxygen atoms in total. The van der Waals surface area contributed by atoms with Crippen LogP contribution in [0.3, 0.4) is 0 Å². The van der Waals surface area contributed by atoms with Gasteiger partial charge in [0.1, 0.15) is 5.82 Å². The summed E-state index contributed by atoms with van der Waals surface area (Å²) in [5.41, 5.74) is 2.28. The minimum atomic E-state index is -0.218. The van der Waals surface area contributed by atoms with Crippen LogP contribution in [0.4, 0.5) is 4.39 Å². The van der Waals surface area contributed by atoms with Crippen molar-refractivity contribution >= 4 is 0 Å². The zero-order valence-corrected chi connectivity index (χ0v) is 15.5. The lowest BCUT2D eigenvalue weighted by molar-refractivity contribution is 0.387. The summed E-state index contributed by atoms with van der Waals surface area (Å²) in [5.74, 6) is 0.596. The summed E-state index contributed by atoms with van der Waals surface area (Å²) in [6, 6.07) is 8.86. The first-order valence-electron chi connectivity index (χ1n) is 8.97. The van der Waals surface area contributed by atoms with E-state index in [2.05, 4.69) is 35.3 Å². The molecule has 0 radical (unpaired) electrons. The van der Waals surface area contributed by atoms with Crippen LogP contribution in [0, 0.1) is 11.7 Å². The second kappa shape index (κ2) is 8.27. The second-order valence-electron chi connectivity index (χ2n) is 7.00. The van der Waals surface area contributed by atoms with Gasteiger partial charge in [0.05, 0.1) is 12.4 Å². The van der Waals surface area contributed by atoms with Crippen LogP contribution >= 0.6 is 0 Å². The summed E-state index contributed by atoms with van der Waals surface area (Å²) in [6.45, 7) is 6.00. The maximum Gasteiger partial charge on any atom is 0.123 e.